The third-order valence-corrected chi connectivity index (χ3v) is 10.5. The topological polar surface area (TPSA) is 98.8 Å². The van der Waals surface area contributed by atoms with E-state index in [0.717, 1.165) is 5.57 Å². The molecule has 1 aliphatic rings. The molecule has 0 radical (unpaired) electrons. The van der Waals surface area contributed by atoms with Crippen LogP contribution in [-0.4, -0.2) is 60.5 Å². The van der Waals surface area contributed by atoms with Gasteiger partial charge in [0.25, 0.3) is 0 Å². The zero-order chi connectivity index (χ0) is 23.4. The van der Waals surface area contributed by atoms with Gasteiger partial charge in [0.2, 0.25) is 10.0 Å². The normalized spacial score (nSPS) is 21.3. The van der Waals surface area contributed by atoms with Crippen LogP contribution in [0.3, 0.4) is 0 Å². The lowest BCUT2D eigenvalue weighted by Gasteiger charge is -2.54. The van der Waals surface area contributed by atoms with Crippen LogP contribution in [0.1, 0.15) is 40.5 Å². The van der Waals surface area contributed by atoms with E-state index in [4.69, 9.17) is 4.74 Å². The second kappa shape index (κ2) is 10.0. The average Bonchev–Trinajstić information content (AvgIpc) is 3.13. The Hall–Kier alpha value is -1.39. The van der Waals surface area contributed by atoms with Crippen LogP contribution in [-0.2, 0) is 19.6 Å². The maximum absolute atomic E-state index is 14.0. The summed E-state index contributed by atoms with van der Waals surface area (Å²) in [6, 6.07) is 8.17. The van der Waals surface area contributed by atoms with Gasteiger partial charge in [0.1, 0.15) is 6.04 Å². The van der Waals surface area contributed by atoms with Gasteiger partial charge in [-0.25, -0.2) is 18.9 Å². The summed E-state index contributed by atoms with van der Waals surface area (Å²) in [5, 5.41) is 0. The lowest BCUT2D eigenvalue weighted by atomic mass is 9.94. The molecule has 9 heteroatoms. The van der Waals surface area contributed by atoms with Crippen molar-refractivity contribution in [2.45, 2.75) is 56.2 Å². The number of esters is 1. The smallest absolute Gasteiger partial charge is 0.324 e. The minimum atomic E-state index is -3.79. The van der Waals surface area contributed by atoms with Gasteiger partial charge in [-0.05, 0) is 71.7 Å². The van der Waals surface area contributed by atoms with E-state index in [9.17, 15) is 17.8 Å². The largest absolute Gasteiger partial charge is 0.797 e. The molecule has 1 aromatic rings. The van der Waals surface area contributed by atoms with Crippen LogP contribution < -0.4 is 4.72 Å². The van der Waals surface area contributed by atoms with Crippen molar-refractivity contribution in [2.75, 3.05) is 26.5 Å². The number of carbonyl (C=O) groups is 1. The molecule has 31 heavy (non-hydrogen) atoms. The number of ether oxygens (including phenoxy) is 1. The number of rotatable bonds is 9. The molecular weight excluding hydrogens is 436 g/mol. The van der Waals surface area contributed by atoms with Crippen LogP contribution in [0.2, 0.25) is 0 Å². The van der Waals surface area contributed by atoms with Crippen molar-refractivity contribution >= 4 is 26.5 Å². The zero-order valence-electron chi connectivity index (χ0n) is 19.3. The molecule has 2 rings (SSSR count). The molecule has 0 spiro atoms. The van der Waals surface area contributed by atoms with E-state index in [1.165, 1.54) is 0 Å². The standard InChI is InChI=1S/C22H36N2O5S2/c1-7-29-21(25)20(23-31(27,28)22(2,3)4)19-15-11-12-17(19)16-30(26,24(5)6)18-13-9-8-10-14-18/h8-10,12-14,19-20,23,26H,7,11,15-16H2,1-6H3/p-1/t19-,20+/m1/s1. The second-order valence-corrected chi connectivity index (χ2v) is 14.1. The number of benzene rings is 1. The Morgan fingerprint density at radius 3 is 2.39 bits per heavy atom. The molecule has 7 nitrogen and oxygen atoms in total. The van der Waals surface area contributed by atoms with Gasteiger partial charge in [-0.1, -0.05) is 29.8 Å². The molecule has 0 saturated carbocycles. The summed E-state index contributed by atoms with van der Waals surface area (Å²) in [7, 11) is -2.86. The number of nitrogens with one attached hydrogen (secondary N) is 1. The monoisotopic (exact) mass is 471 g/mol. The fourth-order valence-corrected chi connectivity index (χ4v) is 6.65. The molecule has 0 saturated heterocycles. The summed E-state index contributed by atoms with van der Waals surface area (Å²) in [6.07, 6.45) is 3.25. The van der Waals surface area contributed by atoms with Gasteiger partial charge in [-0.15, -0.1) is 0 Å². The molecule has 0 aromatic heterocycles. The van der Waals surface area contributed by atoms with Gasteiger partial charge in [0.15, 0.2) is 0 Å². The number of allylic oxidation sites excluding steroid dienone is 1. The highest BCUT2D eigenvalue weighted by molar-refractivity contribution is 8.27. The van der Waals surface area contributed by atoms with Crippen molar-refractivity contribution in [3.05, 3.63) is 42.0 Å². The first-order valence-electron chi connectivity index (χ1n) is 10.5. The van der Waals surface area contributed by atoms with Crippen molar-refractivity contribution in [3.63, 3.8) is 0 Å². The van der Waals surface area contributed by atoms with E-state index in [1.54, 1.807) is 46.1 Å². The Bertz CT molecular complexity index is 894. The highest BCUT2D eigenvalue weighted by Crippen LogP contribution is 2.56. The number of hydrogen-bond acceptors (Lipinski definition) is 6. The third-order valence-electron chi connectivity index (χ3n) is 5.46. The number of hydrogen-bond donors (Lipinski definition) is 1. The fourth-order valence-electron chi connectivity index (χ4n) is 3.48. The molecule has 1 unspecified atom stereocenters. The van der Waals surface area contributed by atoms with E-state index in [0.29, 0.717) is 17.7 Å². The Balaban J connectivity index is 2.39. The highest BCUT2D eigenvalue weighted by Gasteiger charge is 2.41. The Kier molecular flexibility index (Phi) is 8.38. The van der Waals surface area contributed by atoms with Crippen LogP contribution in [0.15, 0.2) is 46.9 Å². The maximum atomic E-state index is 14.0. The minimum absolute atomic E-state index is 0.150. The van der Waals surface area contributed by atoms with Gasteiger partial charge >= 0.3 is 5.97 Å². The van der Waals surface area contributed by atoms with E-state index in [2.05, 4.69) is 4.72 Å². The van der Waals surface area contributed by atoms with Crippen LogP contribution in [0, 0.1) is 5.92 Å². The summed E-state index contributed by atoms with van der Waals surface area (Å²) in [6.45, 7) is 6.58. The molecule has 1 N–H and O–H groups in total. The molecular formula is C22H35N2O5S2-. The lowest BCUT2D eigenvalue weighted by molar-refractivity contribution is -0.146. The molecule has 1 aromatic carbocycles. The van der Waals surface area contributed by atoms with Crippen molar-refractivity contribution in [1.82, 2.24) is 9.03 Å². The van der Waals surface area contributed by atoms with E-state index < -0.39 is 43.2 Å². The van der Waals surface area contributed by atoms with E-state index in [-0.39, 0.29) is 12.4 Å². The Labute approximate surface area is 188 Å². The van der Waals surface area contributed by atoms with Crippen molar-refractivity contribution < 1.29 is 22.5 Å². The quantitative estimate of drug-likeness (QED) is 0.438. The Morgan fingerprint density at radius 1 is 1.26 bits per heavy atom. The Morgan fingerprint density at radius 2 is 1.87 bits per heavy atom. The first-order chi connectivity index (χ1) is 14.3. The number of sulfonamides is 1. The second-order valence-electron chi connectivity index (χ2n) is 8.84. The van der Waals surface area contributed by atoms with Gasteiger partial charge in [-0.2, -0.15) is 4.72 Å². The minimum Gasteiger partial charge on any atom is -0.797 e. The SMILES string of the molecule is CCOC(=O)[C@@H](NS(=O)(=O)C(C)(C)C)[C@@H]1CCC=C1CS([O-])(c1ccccc1)N(C)C. The van der Waals surface area contributed by atoms with Crippen molar-refractivity contribution in [2.24, 2.45) is 5.92 Å². The molecule has 0 aliphatic heterocycles. The molecule has 0 amide bonds. The summed E-state index contributed by atoms with van der Waals surface area (Å²) in [4.78, 5) is 13.5. The van der Waals surface area contributed by atoms with E-state index in [1.807, 2.05) is 36.4 Å². The van der Waals surface area contributed by atoms with Gasteiger partial charge in [0, 0.05) is 11.7 Å². The van der Waals surface area contributed by atoms with Crippen LogP contribution in [0.5, 0.6) is 0 Å². The van der Waals surface area contributed by atoms with Crippen LogP contribution in [0.4, 0.5) is 0 Å². The molecule has 1 aliphatic carbocycles. The highest BCUT2D eigenvalue weighted by atomic mass is 32.3. The predicted octanol–water partition coefficient (Wildman–Crippen LogP) is 3.44. The number of carbonyl (C=O) groups excluding carboxylic acids is 1. The van der Waals surface area contributed by atoms with Crippen molar-refractivity contribution in [3.8, 4) is 0 Å². The molecule has 0 heterocycles. The molecule has 3 atom stereocenters. The van der Waals surface area contributed by atoms with Crippen LogP contribution >= 0.6 is 10.5 Å². The fraction of sp³-hybridized carbons (Fsp3) is 0.591. The number of nitrogens with zero attached hydrogens (tertiary/aromatic N) is 1. The summed E-state index contributed by atoms with van der Waals surface area (Å²) >= 11 is 0. The van der Waals surface area contributed by atoms with E-state index >= 15 is 0 Å². The third kappa shape index (κ3) is 5.90. The first-order valence-corrected chi connectivity index (χ1v) is 13.6. The van der Waals surface area contributed by atoms with Crippen LogP contribution in [0.25, 0.3) is 0 Å². The maximum Gasteiger partial charge on any atom is 0.324 e. The summed E-state index contributed by atoms with van der Waals surface area (Å²) < 4.78 is 48.1. The summed E-state index contributed by atoms with van der Waals surface area (Å²) in [5.74, 6) is -0.799. The van der Waals surface area contributed by atoms with Gasteiger partial charge < -0.3 is 9.29 Å². The first kappa shape index (κ1) is 25.9. The van der Waals surface area contributed by atoms with Gasteiger partial charge in [-0.3, -0.25) is 9.10 Å². The van der Waals surface area contributed by atoms with Gasteiger partial charge in [0.05, 0.1) is 11.4 Å². The predicted molar refractivity (Wildman–Crippen MR) is 125 cm³/mol. The lowest BCUT2D eigenvalue weighted by Crippen LogP contribution is -2.52. The molecule has 176 valence electrons. The summed E-state index contributed by atoms with van der Waals surface area (Å²) in [5.41, 5.74) is 0.817. The average molecular weight is 472 g/mol. The molecule has 0 fully saturated rings. The van der Waals surface area contributed by atoms with Crippen molar-refractivity contribution in [1.29, 1.82) is 0 Å². The molecule has 0 bridgehead atoms. The zero-order valence-corrected chi connectivity index (χ0v) is 20.9.